The Morgan fingerprint density at radius 2 is 1.86 bits per heavy atom. The van der Waals surface area contributed by atoms with Crippen molar-refractivity contribution in [2.45, 2.75) is 45.0 Å². The number of hydrogen-bond acceptors (Lipinski definition) is 4. The number of benzene rings is 1. The summed E-state index contributed by atoms with van der Waals surface area (Å²) in [5.74, 6) is 0.836. The van der Waals surface area contributed by atoms with Crippen molar-refractivity contribution in [3.63, 3.8) is 0 Å². The van der Waals surface area contributed by atoms with Crippen LogP contribution < -0.4 is 0 Å². The van der Waals surface area contributed by atoms with Crippen LogP contribution in [0.4, 0.5) is 0 Å². The molecular weight excluding hydrogens is 384 g/mol. The molecule has 1 atom stereocenters. The van der Waals surface area contributed by atoms with E-state index in [1.807, 2.05) is 62.6 Å². The van der Waals surface area contributed by atoms with Crippen LogP contribution in [0.25, 0.3) is 0 Å². The van der Waals surface area contributed by atoms with E-state index in [1.165, 1.54) is 0 Å². The monoisotopic (exact) mass is 410 g/mol. The summed E-state index contributed by atoms with van der Waals surface area (Å²) in [6, 6.07) is 11.4. The summed E-state index contributed by atoms with van der Waals surface area (Å²) in [7, 11) is -3.44. The lowest BCUT2D eigenvalue weighted by Crippen LogP contribution is -2.33. The van der Waals surface area contributed by atoms with Gasteiger partial charge >= 0.3 is 0 Å². The van der Waals surface area contributed by atoms with Gasteiger partial charge in [0.2, 0.25) is 10.0 Å². The van der Waals surface area contributed by atoms with Crippen LogP contribution in [0.15, 0.2) is 55.0 Å². The molecule has 0 amide bonds. The van der Waals surface area contributed by atoms with E-state index in [0.717, 1.165) is 41.1 Å². The highest BCUT2D eigenvalue weighted by Crippen LogP contribution is 2.35. The van der Waals surface area contributed by atoms with Crippen LogP contribution in [-0.4, -0.2) is 33.8 Å². The molecule has 1 aliphatic rings. The van der Waals surface area contributed by atoms with E-state index >= 15 is 0 Å². The number of nitrogens with zero attached hydrogens (tertiary/aromatic N) is 4. The molecule has 1 saturated heterocycles. The lowest BCUT2D eigenvalue weighted by Gasteiger charge is -2.25. The minimum absolute atomic E-state index is 0.0199. The zero-order valence-electron chi connectivity index (χ0n) is 16.8. The maximum absolute atomic E-state index is 13.2. The Bertz CT molecular complexity index is 1080. The van der Waals surface area contributed by atoms with Crippen molar-refractivity contribution in [3.8, 4) is 0 Å². The predicted octanol–water partition coefficient (Wildman–Crippen LogP) is 3.61. The molecule has 3 heterocycles. The van der Waals surface area contributed by atoms with Crippen LogP contribution in [-0.2, 0) is 22.3 Å². The van der Waals surface area contributed by atoms with Crippen molar-refractivity contribution >= 4 is 10.0 Å². The maximum atomic E-state index is 13.2. The van der Waals surface area contributed by atoms with E-state index in [0.29, 0.717) is 13.1 Å². The standard InChI is InChI=1S/C22H26N4O2S/c1-17-7-9-19(10-8-17)16-29(27,28)26-12-4-6-21(26)22-24-13-18(2)25(22)15-20-5-3-11-23-14-20/h3,5,7-11,13-14,21H,4,6,12,15-16H2,1-2H3. The van der Waals surface area contributed by atoms with Crippen LogP contribution in [0.5, 0.6) is 0 Å². The number of imidazole rings is 1. The number of aryl methyl sites for hydroxylation is 2. The summed E-state index contributed by atoms with van der Waals surface area (Å²) < 4.78 is 30.2. The molecule has 2 aromatic heterocycles. The largest absolute Gasteiger partial charge is 0.327 e. The van der Waals surface area contributed by atoms with Crippen LogP contribution in [0.1, 0.15) is 47.1 Å². The van der Waals surface area contributed by atoms with Gasteiger partial charge in [-0.2, -0.15) is 4.31 Å². The van der Waals surface area contributed by atoms with Gasteiger partial charge in [0, 0.05) is 30.8 Å². The summed E-state index contributed by atoms with van der Waals surface area (Å²) in [5.41, 5.74) is 4.03. The average Bonchev–Trinajstić information content (AvgIpc) is 3.32. The fraction of sp³-hybridized carbons (Fsp3) is 0.364. The molecule has 4 rings (SSSR count). The van der Waals surface area contributed by atoms with E-state index in [4.69, 9.17) is 0 Å². The normalized spacial score (nSPS) is 17.7. The first-order chi connectivity index (χ1) is 13.9. The van der Waals surface area contributed by atoms with Gasteiger partial charge < -0.3 is 4.57 Å². The quantitative estimate of drug-likeness (QED) is 0.623. The molecular formula is C22H26N4O2S. The molecule has 0 spiro atoms. The highest BCUT2D eigenvalue weighted by Gasteiger charge is 2.37. The molecule has 0 bridgehead atoms. The molecule has 1 fully saturated rings. The third kappa shape index (κ3) is 4.26. The Hall–Kier alpha value is -2.51. The van der Waals surface area contributed by atoms with Crippen LogP contribution in [0.3, 0.4) is 0 Å². The van der Waals surface area contributed by atoms with Crippen molar-refractivity contribution in [1.29, 1.82) is 0 Å². The molecule has 0 radical (unpaired) electrons. The molecule has 6 nitrogen and oxygen atoms in total. The molecule has 3 aromatic rings. The number of sulfonamides is 1. The zero-order chi connectivity index (χ0) is 20.4. The van der Waals surface area contributed by atoms with Gasteiger partial charge in [-0.3, -0.25) is 4.98 Å². The molecule has 0 aliphatic carbocycles. The van der Waals surface area contributed by atoms with Crippen molar-refractivity contribution in [3.05, 3.63) is 83.2 Å². The van der Waals surface area contributed by atoms with Gasteiger partial charge in [-0.25, -0.2) is 13.4 Å². The number of rotatable bonds is 6. The second kappa shape index (κ2) is 8.08. The van der Waals surface area contributed by atoms with Crippen molar-refractivity contribution in [2.24, 2.45) is 0 Å². The maximum Gasteiger partial charge on any atom is 0.218 e. The van der Waals surface area contributed by atoms with Gasteiger partial charge in [-0.05, 0) is 43.9 Å². The van der Waals surface area contributed by atoms with E-state index in [-0.39, 0.29) is 11.8 Å². The molecule has 152 valence electrons. The SMILES string of the molecule is Cc1ccc(CS(=O)(=O)N2CCCC2c2ncc(C)n2Cc2cccnc2)cc1. The van der Waals surface area contributed by atoms with Gasteiger partial charge in [0.25, 0.3) is 0 Å². The summed E-state index contributed by atoms with van der Waals surface area (Å²) >= 11 is 0. The van der Waals surface area contributed by atoms with E-state index in [1.54, 1.807) is 10.5 Å². The minimum atomic E-state index is -3.44. The van der Waals surface area contributed by atoms with Crippen LogP contribution in [0, 0.1) is 13.8 Å². The Morgan fingerprint density at radius 3 is 2.59 bits per heavy atom. The minimum Gasteiger partial charge on any atom is -0.327 e. The molecule has 7 heteroatoms. The molecule has 1 aliphatic heterocycles. The number of hydrogen-bond donors (Lipinski definition) is 0. The molecule has 1 aromatic carbocycles. The van der Waals surface area contributed by atoms with Gasteiger partial charge in [0.05, 0.1) is 18.3 Å². The first kappa shape index (κ1) is 19.8. The number of aromatic nitrogens is 3. The predicted molar refractivity (Wildman–Crippen MR) is 113 cm³/mol. The smallest absolute Gasteiger partial charge is 0.218 e. The Balaban J connectivity index is 1.61. The van der Waals surface area contributed by atoms with Gasteiger partial charge in [0.15, 0.2) is 0 Å². The number of pyridine rings is 1. The highest BCUT2D eigenvalue weighted by atomic mass is 32.2. The highest BCUT2D eigenvalue weighted by molar-refractivity contribution is 7.88. The third-order valence-electron chi connectivity index (χ3n) is 5.48. The third-order valence-corrected chi connectivity index (χ3v) is 7.33. The van der Waals surface area contributed by atoms with E-state index in [9.17, 15) is 8.42 Å². The van der Waals surface area contributed by atoms with Crippen LogP contribution in [0.2, 0.25) is 0 Å². The Labute approximate surface area is 172 Å². The Kier molecular flexibility index (Phi) is 5.52. The molecule has 0 saturated carbocycles. The van der Waals surface area contributed by atoms with Crippen molar-refractivity contribution in [1.82, 2.24) is 18.8 Å². The van der Waals surface area contributed by atoms with Crippen molar-refractivity contribution in [2.75, 3.05) is 6.54 Å². The molecule has 0 N–H and O–H groups in total. The zero-order valence-corrected chi connectivity index (χ0v) is 17.6. The van der Waals surface area contributed by atoms with Gasteiger partial charge in [-0.1, -0.05) is 35.9 Å². The lowest BCUT2D eigenvalue weighted by molar-refractivity contribution is 0.373. The summed E-state index contributed by atoms with van der Waals surface area (Å²) in [5, 5.41) is 0. The molecule has 29 heavy (non-hydrogen) atoms. The van der Waals surface area contributed by atoms with E-state index in [2.05, 4.69) is 14.5 Å². The van der Waals surface area contributed by atoms with E-state index < -0.39 is 10.0 Å². The fourth-order valence-corrected chi connectivity index (χ4v) is 5.71. The summed E-state index contributed by atoms with van der Waals surface area (Å²) in [6.07, 6.45) is 7.05. The summed E-state index contributed by atoms with van der Waals surface area (Å²) in [4.78, 5) is 8.80. The van der Waals surface area contributed by atoms with Crippen molar-refractivity contribution < 1.29 is 8.42 Å². The summed E-state index contributed by atoms with van der Waals surface area (Å²) in [6.45, 7) is 5.18. The first-order valence-electron chi connectivity index (χ1n) is 9.90. The fourth-order valence-electron chi connectivity index (χ4n) is 3.93. The van der Waals surface area contributed by atoms with Gasteiger partial charge in [0.1, 0.15) is 5.82 Å². The first-order valence-corrected chi connectivity index (χ1v) is 11.5. The average molecular weight is 411 g/mol. The van der Waals surface area contributed by atoms with Crippen LogP contribution >= 0.6 is 0 Å². The second-order valence-corrected chi connectivity index (χ2v) is 9.64. The topological polar surface area (TPSA) is 68.1 Å². The Morgan fingerprint density at radius 1 is 1.07 bits per heavy atom. The lowest BCUT2D eigenvalue weighted by atomic mass is 10.2. The molecule has 1 unspecified atom stereocenters. The second-order valence-electron chi connectivity index (χ2n) is 7.72. The van der Waals surface area contributed by atoms with Gasteiger partial charge in [-0.15, -0.1) is 0 Å².